The van der Waals surface area contributed by atoms with Gasteiger partial charge in [-0.05, 0) is 161 Å². The summed E-state index contributed by atoms with van der Waals surface area (Å²) in [5, 5.41) is 26.4. The van der Waals surface area contributed by atoms with E-state index in [1.54, 1.807) is 0 Å². The third-order valence-electron chi connectivity index (χ3n) is 9.35. The van der Waals surface area contributed by atoms with Gasteiger partial charge in [-0.25, -0.2) is 14.4 Å². The van der Waals surface area contributed by atoms with E-state index < -0.39 is 17.9 Å². The maximum Gasteiger partial charge on any atom is 0.330 e. The lowest BCUT2D eigenvalue weighted by atomic mass is 10.1. The molecule has 0 unspecified atom stereocenters. The summed E-state index contributed by atoms with van der Waals surface area (Å²) in [7, 11) is 0. The van der Waals surface area contributed by atoms with Crippen LogP contribution in [-0.4, -0.2) is 57.4 Å². The number of hydrogen-bond acceptors (Lipinski definition) is 14. The predicted molar refractivity (Wildman–Crippen MR) is 246 cm³/mol. The molecule has 0 saturated carbocycles. The SMILES string of the molecule is C=CC(=O)OCCCCCOc1ccc(N=Nc2ccc(N=Nc3ccc(N=Nc4ccc(N(CCCCCOC(=O)C=C)CCCCCOC(=O)C=C)cc4)cc3C)cc2)cc1. The zero-order valence-corrected chi connectivity index (χ0v) is 36.1. The van der Waals surface area contributed by atoms with Gasteiger partial charge < -0.3 is 23.8 Å². The Morgan fingerprint density at radius 3 is 1.32 bits per heavy atom. The molecular weight excluding hydrogens is 799 g/mol. The molecule has 0 radical (unpaired) electrons. The van der Waals surface area contributed by atoms with Gasteiger partial charge in [0.05, 0.1) is 60.6 Å². The molecule has 0 aliphatic rings. The quantitative estimate of drug-likeness (QED) is 0.0171. The summed E-state index contributed by atoms with van der Waals surface area (Å²) in [6.45, 7) is 15.6. The Balaban J connectivity index is 1.23. The molecule has 0 bridgehead atoms. The van der Waals surface area contributed by atoms with Crippen LogP contribution in [0, 0.1) is 6.92 Å². The zero-order chi connectivity index (χ0) is 44.9. The van der Waals surface area contributed by atoms with Crippen molar-refractivity contribution in [3.63, 3.8) is 0 Å². The van der Waals surface area contributed by atoms with Crippen LogP contribution in [0.1, 0.15) is 63.4 Å². The van der Waals surface area contributed by atoms with Crippen LogP contribution in [0.25, 0.3) is 0 Å². The molecule has 0 atom stereocenters. The van der Waals surface area contributed by atoms with Crippen LogP contribution in [-0.2, 0) is 28.6 Å². The molecule has 0 aromatic heterocycles. The molecule has 4 aromatic rings. The molecular formula is C49H57N7O7. The first kappa shape index (κ1) is 48.6. The van der Waals surface area contributed by atoms with Crippen molar-refractivity contribution in [1.29, 1.82) is 0 Å². The average molecular weight is 856 g/mol. The Labute approximate surface area is 370 Å². The van der Waals surface area contributed by atoms with Gasteiger partial charge in [-0.15, -0.1) is 0 Å². The lowest BCUT2D eigenvalue weighted by molar-refractivity contribution is -0.138. The standard InChI is InChI=1S/C49H57N7O7/c1-5-47(57)61-34-13-8-11-31-56(32-12-9-14-35-62-48(58)6-2)44-26-21-41(22-27-44)52-54-43-25-30-46(38(4)37-43)55-53-40-19-17-39(18-20-40)50-51-42-23-28-45(29-24-42)60-33-15-10-16-36-63-49(59)7-3/h5-7,17-30,37H,1-3,8-16,31-36H2,4H3. The Morgan fingerprint density at radius 1 is 0.476 bits per heavy atom. The molecule has 14 heteroatoms. The second kappa shape index (κ2) is 28.4. The predicted octanol–water partition coefficient (Wildman–Crippen LogP) is 13.1. The highest BCUT2D eigenvalue weighted by Crippen LogP contribution is 2.29. The molecule has 0 spiro atoms. The molecule has 0 aliphatic heterocycles. The highest BCUT2D eigenvalue weighted by Gasteiger charge is 2.08. The second-order valence-corrected chi connectivity index (χ2v) is 14.2. The van der Waals surface area contributed by atoms with Crippen LogP contribution < -0.4 is 9.64 Å². The highest BCUT2D eigenvalue weighted by molar-refractivity contribution is 5.81. The molecule has 14 nitrogen and oxygen atoms in total. The fourth-order valence-electron chi connectivity index (χ4n) is 5.88. The van der Waals surface area contributed by atoms with Crippen molar-refractivity contribution in [3.05, 3.63) is 135 Å². The largest absolute Gasteiger partial charge is 0.494 e. The molecule has 0 aliphatic carbocycles. The minimum atomic E-state index is -0.401. The number of unbranched alkanes of at least 4 members (excludes halogenated alkanes) is 6. The minimum absolute atomic E-state index is 0.379. The van der Waals surface area contributed by atoms with Crippen molar-refractivity contribution >= 4 is 57.7 Å². The molecule has 0 fully saturated rings. The van der Waals surface area contributed by atoms with Gasteiger partial charge in [-0.3, -0.25) is 0 Å². The third kappa shape index (κ3) is 19.4. The molecule has 4 rings (SSSR count). The van der Waals surface area contributed by atoms with E-state index in [0.29, 0.717) is 49.2 Å². The maximum atomic E-state index is 11.3. The lowest BCUT2D eigenvalue weighted by Crippen LogP contribution is -2.25. The van der Waals surface area contributed by atoms with E-state index in [2.05, 4.69) is 55.3 Å². The van der Waals surface area contributed by atoms with E-state index >= 15 is 0 Å². The molecule has 0 heterocycles. The molecule has 0 amide bonds. The number of carbonyl (C=O) groups is 3. The topological polar surface area (TPSA) is 166 Å². The fourth-order valence-corrected chi connectivity index (χ4v) is 5.88. The Kier molecular flexibility index (Phi) is 21.9. The number of rotatable bonds is 29. The third-order valence-corrected chi connectivity index (χ3v) is 9.35. The summed E-state index contributed by atoms with van der Waals surface area (Å²) in [6.07, 6.45) is 11.3. The van der Waals surface area contributed by atoms with Crippen molar-refractivity contribution in [2.24, 2.45) is 30.7 Å². The van der Waals surface area contributed by atoms with Gasteiger partial charge >= 0.3 is 17.9 Å². The van der Waals surface area contributed by atoms with Crippen molar-refractivity contribution in [2.75, 3.05) is 44.4 Å². The van der Waals surface area contributed by atoms with Crippen LogP contribution in [0.2, 0.25) is 0 Å². The van der Waals surface area contributed by atoms with Gasteiger partial charge in [0.1, 0.15) is 5.75 Å². The number of benzene rings is 4. The first-order chi connectivity index (χ1) is 30.8. The summed E-state index contributed by atoms with van der Waals surface area (Å²) in [5.74, 6) is -0.451. The smallest absolute Gasteiger partial charge is 0.330 e. The van der Waals surface area contributed by atoms with E-state index in [-0.39, 0.29) is 0 Å². The number of carbonyl (C=O) groups excluding carboxylic acids is 3. The number of aryl methyl sites for hydroxylation is 1. The summed E-state index contributed by atoms with van der Waals surface area (Å²) in [6, 6.07) is 28.4. The van der Waals surface area contributed by atoms with Crippen molar-refractivity contribution in [1.82, 2.24) is 0 Å². The van der Waals surface area contributed by atoms with Crippen LogP contribution in [0.15, 0.2) is 160 Å². The second-order valence-electron chi connectivity index (χ2n) is 14.2. The van der Waals surface area contributed by atoms with Crippen LogP contribution in [0.3, 0.4) is 0 Å². The van der Waals surface area contributed by atoms with Gasteiger partial charge in [-0.2, -0.15) is 30.7 Å². The number of ether oxygens (including phenoxy) is 4. The first-order valence-corrected chi connectivity index (χ1v) is 21.2. The number of hydrogen-bond donors (Lipinski definition) is 0. The van der Waals surface area contributed by atoms with Gasteiger partial charge in [-0.1, -0.05) is 19.7 Å². The average Bonchev–Trinajstić information content (AvgIpc) is 3.31. The Bertz CT molecular complexity index is 2120. The van der Waals surface area contributed by atoms with E-state index in [1.807, 2.05) is 97.9 Å². The van der Waals surface area contributed by atoms with Gasteiger partial charge in [0.15, 0.2) is 0 Å². The van der Waals surface area contributed by atoms with Crippen LogP contribution >= 0.6 is 0 Å². The van der Waals surface area contributed by atoms with Gasteiger partial charge in [0.2, 0.25) is 0 Å². The minimum Gasteiger partial charge on any atom is -0.494 e. The lowest BCUT2D eigenvalue weighted by Gasteiger charge is -2.25. The normalized spacial score (nSPS) is 11.1. The van der Waals surface area contributed by atoms with Crippen molar-refractivity contribution < 1.29 is 33.3 Å². The van der Waals surface area contributed by atoms with Crippen molar-refractivity contribution in [3.8, 4) is 5.75 Å². The number of azo groups is 3. The Hall–Kier alpha value is -7.09. The summed E-state index contributed by atoms with van der Waals surface area (Å²) in [4.78, 5) is 36.0. The number of nitrogens with zero attached hydrogens (tertiary/aromatic N) is 7. The first-order valence-electron chi connectivity index (χ1n) is 21.2. The van der Waals surface area contributed by atoms with Gasteiger partial charge in [0, 0.05) is 37.0 Å². The highest BCUT2D eigenvalue weighted by atomic mass is 16.5. The molecule has 330 valence electrons. The molecule has 0 saturated heterocycles. The van der Waals surface area contributed by atoms with E-state index in [4.69, 9.17) is 18.9 Å². The van der Waals surface area contributed by atoms with Gasteiger partial charge in [0.25, 0.3) is 0 Å². The number of anilines is 1. The molecule has 4 aromatic carbocycles. The summed E-state index contributed by atoms with van der Waals surface area (Å²) < 4.78 is 21.0. The van der Waals surface area contributed by atoms with E-state index in [0.717, 1.165) is 105 Å². The monoisotopic (exact) mass is 855 g/mol. The van der Waals surface area contributed by atoms with Crippen molar-refractivity contribution in [2.45, 2.75) is 64.7 Å². The summed E-state index contributed by atoms with van der Waals surface area (Å²) in [5.41, 5.74) is 6.19. The zero-order valence-electron chi connectivity index (χ0n) is 36.1. The summed E-state index contributed by atoms with van der Waals surface area (Å²) >= 11 is 0. The maximum absolute atomic E-state index is 11.3. The van der Waals surface area contributed by atoms with E-state index in [1.165, 1.54) is 12.2 Å². The molecule has 63 heavy (non-hydrogen) atoms. The van der Waals surface area contributed by atoms with Crippen LogP contribution in [0.5, 0.6) is 5.75 Å². The molecule has 0 N–H and O–H groups in total. The van der Waals surface area contributed by atoms with E-state index in [9.17, 15) is 14.4 Å². The number of esters is 3. The van der Waals surface area contributed by atoms with Crippen LogP contribution in [0.4, 0.5) is 39.8 Å². The fraction of sp³-hybridized carbons (Fsp3) is 0.327. The Morgan fingerprint density at radius 2 is 0.857 bits per heavy atom.